The first-order chi connectivity index (χ1) is 12.2. The summed E-state index contributed by atoms with van der Waals surface area (Å²) in [4.78, 5) is 22.0. The number of carbonyl (C=O) groups excluding carboxylic acids is 1. The van der Waals surface area contributed by atoms with E-state index in [9.17, 15) is 4.79 Å². The summed E-state index contributed by atoms with van der Waals surface area (Å²) in [5.74, 6) is -0.175. The van der Waals surface area contributed by atoms with Gasteiger partial charge >= 0.3 is 0 Å². The number of carbonyl (C=O) groups is 1. The molecular formula is C20H18N4O. The van der Waals surface area contributed by atoms with Gasteiger partial charge in [-0.1, -0.05) is 25.1 Å². The number of fused-ring (bicyclic) bond motifs is 2. The molecule has 3 heterocycles. The van der Waals surface area contributed by atoms with E-state index < -0.39 is 0 Å². The monoisotopic (exact) mass is 330 g/mol. The summed E-state index contributed by atoms with van der Waals surface area (Å²) in [5, 5.41) is 4.00. The van der Waals surface area contributed by atoms with E-state index in [0.29, 0.717) is 17.8 Å². The van der Waals surface area contributed by atoms with Gasteiger partial charge in [0.1, 0.15) is 11.3 Å². The summed E-state index contributed by atoms with van der Waals surface area (Å²) in [6.07, 6.45) is 4.32. The molecular weight excluding hydrogens is 312 g/mol. The van der Waals surface area contributed by atoms with Crippen LogP contribution >= 0.6 is 0 Å². The molecule has 0 atom stereocenters. The topological polar surface area (TPSA) is 59.3 Å². The van der Waals surface area contributed by atoms with Gasteiger partial charge in [-0.2, -0.15) is 0 Å². The fraction of sp³-hybridized carbons (Fsp3) is 0.150. The van der Waals surface area contributed by atoms with E-state index >= 15 is 0 Å². The van der Waals surface area contributed by atoms with Crippen LogP contribution in [-0.4, -0.2) is 20.3 Å². The maximum atomic E-state index is 13.0. The van der Waals surface area contributed by atoms with Gasteiger partial charge in [0.25, 0.3) is 5.91 Å². The molecule has 1 amide bonds. The molecule has 0 aliphatic carbocycles. The van der Waals surface area contributed by atoms with Crippen LogP contribution in [0.15, 0.2) is 54.9 Å². The molecule has 0 saturated heterocycles. The van der Waals surface area contributed by atoms with Crippen LogP contribution in [0.1, 0.15) is 28.7 Å². The Morgan fingerprint density at radius 2 is 2.04 bits per heavy atom. The average Bonchev–Trinajstić information content (AvgIpc) is 2.99. The van der Waals surface area contributed by atoms with Gasteiger partial charge in [-0.3, -0.25) is 14.2 Å². The number of anilines is 1. The maximum absolute atomic E-state index is 13.0. The van der Waals surface area contributed by atoms with Crippen molar-refractivity contribution in [2.75, 3.05) is 5.32 Å². The number of pyridine rings is 2. The van der Waals surface area contributed by atoms with Crippen molar-refractivity contribution in [2.24, 2.45) is 0 Å². The van der Waals surface area contributed by atoms with Gasteiger partial charge in [0.2, 0.25) is 0 Å². The second-order valence-electron chi connectivity index (χ2n) is 6.03. The van der Waals surface area contributed by atoms with Gasteiger partial charge in [-0.25, -0.2) is 4.98 Å². The lowest BCUT2D eigenvalue weighted by atomic mass is 10.2. The zero-order valence-electron chi connectivity index (χ0n) is 14.2. The van der Waals surface area contributed by atoms with Crippen molar-refractivity contribution in [1.29, 1.82) is 0 Å². The molecule has 0 saturated carbocycles. The molecule has 1 N–H and O–H groups in total. The van der Waals surface area contributed by atoms with Gasteiger partial charge < -0.3 is 5.32 Å². The van der Waals surface area contributed by atoms with E-state index in [1.807, 2.05) is 66.9 Å². The van der Waals surface area contributed by atoms with Gasteiger partial charge in [0.05, 0.1) is 16.9 Å². The number of imidazole rings is 1. The molecule has 0 fully saturated rings. The van der Waals surface area contributed by atoms with Crippen LogP contribution in [0.25, 0.3) is 16.6 Å². The summed E-state index contributed by atoms with van der Waals surface area (Å²) in [6, 6.07) is 13.6. The molecule has 0 unspecified atom stereocenters. The summed E-state index contributed by atoms with van der Waals surface area (Å²) >= 11 is 0. The predicted octanol–water partition coefficient (Wildman–Crippen LogP) is 4.01. The number of nitrogens with zero attached hydrogens (tertiary/aromatic N) is 3. The summed E-state index contributed by atoms with van der Waals surface area (Å²) in [7, 11) is 0. The Morgan fingerprint density at radius 3 is 2.88 bits per heavy atom. The lowest BCUT2D eigenvalue weighted by molar-refractivity contribution is 0.102. The molecule has 5 nitrogen and oxygen atoms in total. The maximum Gasteiger partial charge on any atom is 0.274 e. The minimum Gasteiger partial charge on any atom is -0.319 e. The van der Waals surface area contributed by atoms with Crippen molar-refractivity contribution in [1.82, 2.24) is 14.4 Å². The first-order valence-corrected chi connectivity index (χ1v) is 8.30. The van der Waals surface area contributed by atoms with E-state index in [1.165, 1.54) is 0 Å². The highest BCUT2D eigenvalue weighted by Crippen LogP contribution is 2.22. The van der Waals surface area contributed by atoms with E-state index in [0.717, 1.165) is 27.8 Å². The molecule has 0 aliphatic heterocycles. The van der Waals surface area contributed by atoms with Crippen LogP contribution in [0, 0.1) is 6.92 Å². The third kappa shape index (κ3) is 2.63. The molecule has 0 aliphatic rings. The van der Waals surface area contributed by atoms with E-state index in [4.69, 9.17) is 0 Å². The standard InChI is InChI=1S/C20H18N4O/c1-3-15-19(24-11-9-13(2)12-17(24)22-15)20(25)23-16-8-4-6-14-7-5-10-21-18(14)16/h4-12H,3H2,1-2H3,(H,23,25). The first-order valence-electron chi connectivity index (χ1n) is 8.30. The SMILES string of the molecule is CCc1nc2cc(C)ccn2c1C(=O)Nc1cccc2cccnc12. The zero-order chi connectivity index (χ0) is 17.4. The number of benzene rings is 1. The lowest BCUT2D eigenvalue weighted by Gasteiger charge is -2.09. The highest BCUT2D eigenvalue weighted by Gasteiger charge is 2.19. The second-order valence-corrected chi connectivity index (χ2v) is 6.03. The Bertz CT molecular complexity index is 1090. The van der Waals surface area contributed by atoms with E-state index in [-0.39, 0.29) is 5.91 Å². The van der Waals surface area contributed by atoms with Crippen molar-refractivity contribution in [3.8, 4) is 0 Å². The summed E-state index contributed by atoms with van der Waals surface area (Å²) in [5.41, 5.74) is 4.75. The van der Waals surface area contributed by atoms with Crippen molar-refractivity contribution in [2.45, 2.75) is 20.3 Å². The fourth-order valence-corrected chi connectivity index (χ4v) is 3.07. The lowest BCUT2D eigenvalue weighted by Crippen LogP contribution is -2.16. The molecule has 3 aromatic heterocycles. The van der Waals surface area contributed by atoms with Crippen LogP contribution in [0.2, 0.25) is 0 Å². The number of amides is 1. The second kappa shape index (κ2) is 6.02. The third-order valence-corrected chi connectivity index (χ3v) is 4.28. The quantitative estimate of drug-likeness (QED) is 0.617. The van der Waals surface area contributed by atoms with Crippen LogP contribution < -0.4 is 5.32 Å². The molecule has 4 aromatic rings. The number of hydrogen-bond acceptors (Lipinski definition) is 3. The Kier molecular flexibility index (Phi) is 3.69. The predicted molar refractivity (Wildman–Crippen MR) is 99.0 cm³/mol. The minimum atomic E-state index is -0.175. The Hall–Kier alpha value is -3.21. The Labute approximate surface area is 145 Å². The van der Waals surface area contributed by atoms with Gasteiger partial charge in [0.15, 0.2) is 0 Å². The molecule has 5 heteroatoms. The Balaban J connectivity index is 1.80. The molecule has 0 spiro atoms. The van der Waals surface area contributed by atoms with Crippen molar-refractivity contribution in [3.63, 3.8) is 0 Å². The van der Waals surface area contributed by atoms with Crippen molar-refractivity contribution >= 4 is 28.1 Å². The highest BCUT2D eigenvalue weighted by molar-refractivity contribution is 6.08. The number of rotatable bonds is 3. The normalized spacial score (nSPS) is 11.1. The number of para-hydroxylation sites is 1. The van der Waals surface area contributed by atoms with Gasteiger partial charge in [-0.05, 0) is 43.2 Å². The van der Waals surface area contributed by atoms with Crippen molar-refractivity contribution < 1.29 is 4.79 Å². The number of aryl methyl sites for hydroxylation is 2. The van der Waals surface area contributed by atoms with Crippen LogP contribution in [0.4, 0.5) is 5.69 Å². The fourth-order valence-electron chi connectivity index (χ4n) is 3.07. The van der Waals surface area contributed by atoms with Crippen molar-refractivity contribution in [3.05, 3.63) is 71.8 Å². The smallest absolute Gasteiger partial charge is 0.274 e. The third-order valence-electron chi connectivity index (χ3n) is 4.28. The molecule has 1 aromatic carbocycles. The number of nitrogens with one attached hydrogen (secondary N) is 1. The molecule has 0 bridgehead atoms. The number of hydrogen-bond donors (Lipinski definition) is 1. The molecule has 25 heavy (non-hydrogen) atoms. The minimum absolute atomic E-state index is 0.175. The van der Waals surface area contributed by atoms with E-state index in [1.54, 1.807) is 6.20 Å². The van der Waals surface area contributed by atoms with Crippen LogP contribution in [0.5, 0.6) is 0 Å². The molecule has 0 radical (unpaired) electrons. The highest BCUT2D eigenvalue weighted by atomic mass is 16.2. The molecule has 124 valence electrons. The average molecular weight is 330 g/mol. The summed E-state index contributed by atoms with van der Waals surface area (Å²) < 4.78 is 1.85. The van der Waals surface area contributed by atoms with Crippen LogP contribution in [-0.2, 0) is 6.42 Å². The molecule has 4 rings (SSSR count). The van der Waals surface area contributed by atoms with Gasteiger partial charge in [-0.15, -0.1) is 0 Å². The van der Waals surface area contributed by atoms with Crippen LogP contribution in [0.3, 0.4) is 0 Å². The van der Waals surface area contributed by atoms with E-state index in [2.05, 4.69) is 15.3 Å². The first kappa shape index (κ1) is 15.3. The summed E-state index contributed by atoms with van der Waals surface area (Å²) in [6.45, 7) is 4.02. The Morgan fingerprint density at radius 1 is 1.20 bits per heavy atom. The number of aromatic nitrogens is 3. The zero-order valence-corrected chi connectivity index (χ0v) is 14.2. The van der Waals surface area contributed by atoms with Gasteiger partial charge in [0, 0.05) is 17.8 Å². The largest absolute Gasteiger partial charge is 0.319 e.